The van der Waals surface area contributed by atoms with Gasteiger partial charge in [0, 0.05) is 0 Å². The zero-order valence-electron chi connectivity index (χ0n) is 12.2. The first kappa shape index (κ1) is 15.4. The zero-order valence-corrected chi connectivity index (χ0v) is 12.2. The highest BCUT2D eigenvalue weighted by molar-refractivity contribution is 6.00. The molecule has 22 heavy (non-hydrogen) atoms. The summed E-state index contributed by atoms with van der Waals surface area (Å²) in [6, 6.07) is 18.3. The maximum atomic E-state index is 11.9. The monoisotopic (exact) mass is 298 g/mol. The van der Waals surface area contributed by atoms with Crippen LogP contribution in [-0.2, 0) is 9.59 Å². The van der Waals surface area contributed by atoms with Crippen molar-refractivity contribution in [1.82, 2.24) is 10.9 Å². The number of hydrogen-bond acceptors (Lipinski definition) is 4. The lowest BCUT2D eigenvalue weighted by Crippen LogP contribution is -2.43. The van der Waals surface area contributed by atoms with E-state index >= 15 is 0 Å². The van der Waals surface area contributed by atoms with E-state index in [4.69, 9.17) is 0 Å². The third kappa shape index (κ3) is 4.52. The Labute approximate surface area is 128 Å². The lowest BCUT2D eigenvalue weighted by Gasteiger charge is -2.14. The van der Waals surface area contributed by atoms with Crippen molar-refractivity contribution in [2.75, 3.05) is 10.9 Å². The molecule has 2 rings (SSSR count). The molecule has 0 bridgehead atoms. The van der Waals surface area contributed by atoms with Gasteiger partial charge in [-0.1, -0.05) is 36.4 Å². The van der Waals surface area contributed by atoms with Crippen molar-refractivity contribution in [2.45, 2.75) is 6.92 Å². The highest BCUT2D eigenvalue weighted by atomic mass is 16.2. The minimum absolute atomic E-state index is 0.420. The summed E-state index contributed by atoms with van der Waals surface area (Å²) in [6.45, 7) is 1.53. The van der Waals surface area contributed by atoms with Crippen LogP contribution in [0.2, 0.25) is 0 Å². The van der Waals surface area contributed by atoms with Crippen LogP contribution in [0.5, 0.6) is 0 Å². The standard InChI is InChI=1S/C16H18N4O2/c1-12(15(21)19-17-13-8-4-2-5-9-13)16(22)20-18-14-10-6-3-7-11-14/h2-12,17-18H,1H3,(H,19,21)(H,20,22). The maximum Gasteiger partial charge on any atom is 0.250 e. The molecule has 2 amide bonds. The van der Waals surface area contributed by atoms with Crippen LogP contribution in [0.1, 0.15) is 6.92 Å². The molecular weight excluding hydrogens is 280 g/mol. The second-order valence-electron chi connectivity index (χ2n) is 4.68. The van der Waals surface area contributed by atoms with Gasteiger partial charge < -0.3 is 0 Å². The molecule has 0 fully saturated rings. The Hall–Kier alpha value is -3.02. The summed E-state index contributed by atoms with van der Waals surface area (Å²) in [5.74, 6) is -1.68. The van der Waals surface area contributed by atoms with E-state index in [1.165, 1.54) is 6.92 Å². The summed E-state index contributed by atoms with van der Waals surface area (Å²) >= 11 is 0. The molecule has 0 unspecified atom stereocenters. The van der Waals surface area contributed by atoms with Crippen LogP contribution in [0, 0.1) is 5.92 Å². The summed E-state index contributed by atoms with van der Waals surface area (Å²) in [4.78, 5) is 23.8. The van der Waals surface area contributed by atoms with E-state index in [0.29, 0.717) is 0 Å². The number of rotatable bonds is 6. The predicted molar refractivity (Wildman–Crippen MR) is 85.6 cm³/mol. The van der Waals surface area contributed by atoms with Gasteiger partial charge in [-0.2, -0.15) is 0 Å². The molecule has 2 aromatic rings. The van der Waals surface area contributed by atoms with E-state index in [1.54, 1.807) is 0 Å². The molecule has 0 aromatic heterocycles. The molecular formula is C16H18N4O2. The fourth-order valence-electron chi connectivity index (χ4n) is 1.65. The molecule has 0 atom stereocenters. The molecule has 0 aliphatic carbocycles. The minimum Gasteiger partial charge on any atom is -0.299 e. The number of amides is 2. The molecule has 4 N–H and O–H groups in total. The summed E-state index contributed by atoms with van der Waals surface area (Å²) in [6.07, 6.45) is 0. The number of hydrazine groups is 2. The van der Waals surface area contributed by atoms with E-state index in [1.807, 2.05) is 60.7 Å². The Bertz CT molecular complexity index is 561. The maximum absolute atomic E-state index is 11.9. The van der Waals surface area contributed by atoms with Gasteiger partial charge in [0.25, 0.3) is 11.8 Å². The smallest absolute Gasteiger partial charge is 0.250 e. The van der Waals surface area contributed by atoms with Crippen molar-refractivity contribution in [3.05, 3.63) is 60.7 Å². The van der Waals surface area contributed by atoms with Gasteiger partial charge in [0.1, 0.15) is 5.92 Å². The van der Waals surface area contributed by atoms with E-state index in [9.17, 15) is 9.59 Å². The van der Waals surface area contributed by atoms with Gasteiger partial charge in [0.2, 0.25) is 0 Å². The first-order valence-electron chi connectivity index (χ1n) is 6.88. The van der Waals surface area contributed by atoms with Crippen molar-refractivity contribution in [3.8, 4) is 0 Å². The number of nitrogens with one attached hydrogen (secondary N) is 4. The van der Waals surface area contributed by atoms with Gasteiger partial charge in [-0.25, -0.2) is 0 Å². The number of anilines is 2. The Morgan fingerprint density at radius 2 is 1.09 bits per heavy atom. The average molecular weight is 298 g/mol. The first-order chi connectivity index (χ1) is 10.7. The van der Waals surface area contributed by atoms with Crippen LogP contribution in [0.25, 0.3) is 0 Å². The Balaban J connectivity index is 1.78. The van der Waals surface area contributed by atoms with Crippen LogP contribution >= 0.6 is 0 Å². The fourth-order valence-corrected chi connectivity index (χ4v) is 1.65. The van der Waals surface area contributed by atoms with Crippen molar-refractivity contribution in [3.63, 3.8) is 0 Å². The quantitative estimate of drug-likeness (QED) is 0.485. The lowest BCUT2D eigenvalue weighted by molar-refractivity contribution is -0.133. The second-order valence-corrected chi connectivity index (χ2v) is 4.68. The van der Waals surface area contributed by atoms with Gasteiger partial charge in [-0.15, -0.1) is 0 Å². The fraction of sp³-hybridized carbons (Fsp3) is 0.125. The molecule has 0 spiro atoms. The van der Waals surface area contributed by atoms with Gasteiger partial charge in [0.15, 0.2) is 0 Å². The molecule has 0 radical (unpaired) electrons. The zero-order chi connectivity index (χ0) is 15.8. The number of carbonyl (C=O) groups is 2. The lowest BCUT2D eigenvalue weighted by atomic mass is 10.1. The van der Waals surface area contributed by atoms with Crippen LogP contribution in [0.15, 0.2) is 60.7 Å². The molecule has 6 heteroatoms. The van der Waals surface area contributed by atoms with Crippen LogP contribution in [-0.4, -0.2) is 11.8 Å². The van der Waals surface area contributed by atoms with Crippen LogP contribution in [0.4, 0.5) is 11.4 Å². The van der Waals surface area contributed by atoms with Crippen LogP contribution in [0.3, 0.4) is 0 Å². The van der Waals surface area contributed by atoms with Crippen molar-refractivity contribution >= 4 is 23.2 Å². The first-order valence-corrected chi connectivity index (χ1v) is 6.88. The van der Waals surface area contributed by atoms with Crippen molar-refractivity contribution < 1.29 is 9.59 Å². The predicted octanol–water partition coefficient (Wildman–Crippen LogP) is 1.91. The van der Waals surface area contributed by atoms with Gasteiger partial charge in [-0.3, -0.25) is 31.3 Å². The van der Waals surface area contributed by atoms with E-state index in [0.717, 1.165) is 11.4 Å². The third-order valence-electron chi connectivity index (χ3n) is 2.99. The SMILES string of the molecule is CC(C(=O)NNc1ccccc1)C(=O)NNc1ccccc1. The molecule has 6 nitrogen and oxygen atoms in total. The molecule has 0 aliphatic rings. The Kier molecular flexibility index (Phi) is 5.37. The van der Waals surface area contributed by atoms with E-state index < -0.39 is 17.7 Å². The number of carbonyl (C=O) groups excluding carboxylic acids is 2. The van der Waals surface area contributed by atoms with Gasteiger partial charge >= 0.3 is 0 Å². The summed E-state index contributed by atoms with van der Waals surface area (Å²) in [7, 11) is 0. The second kappa shape index (κ2) is 7.68. The number of benzene rings is 2. The molecule has 0 heterocycles. The Morgan fingerprint density at radius 1 is 0.727 bits per heavy atom. The molecule has 0 saturated heterocycles. The molecule has 0 aliphatic heterocycles. The normalized spacial score (nSPS) is 9.91. The molecule has 114 valence electrons. The summed E-state index contributed by atoms with van der Waals surface area (Å²) in [5, 5.41) is 0. The third-order valence-corrected chi connectivity index (χ3v) is 2.99. The van der Waals surface area contributed by atoms with Crippen molar-refractivity contribution in [2.24, 2.45) is 5.92 Å². The van der Waals surface area contributed by atoms with E-state index in [2.05, 4.69) is 21.7 Å². The van der Waals surface area contributed by atoms with Gasteiger partial charge in [0.05, 0.1) is 11.4 Å². The Morgan fingerprint density at radius 3 is 1.45 bits per heavy atom. The topological polar surface area (TPSA) is 82.3 Å². The average Bonchev–Trinajstić information content (AvgIpc) is 2.58. The largest absolute Gasteiger partial charge is 0.299 e. The molecule has 2 aromatic carbocycles. The highest BCUT2D eigenvalue weighted by Crippen LogP contribution is 2.05. The number of hydrogen-bond donors (Lipinski definition) is 4. The number of para-hydroxylation sites is 2. The summed E-state index contributed by atoms with van der Waals surface area (Å²) in [5.41, 5.74) is 12.0. The molecule has 0 saturated carbocycles. The van der Waals surface area contributed by atoms with E-state index in [-0.39, 0.29) is 0 Å². The van der Waals surface area contributed by atoms with Crippen molar-refractivity contribution in [1.29, 1.82) is 0 Å². The summed E-state index contributed by atoms with van der Waals surface area (Å²) < 4.78 is 0. The van der Waals surface area contributed by atoms with Gasteiger partial charge in [-0.05, 0) is 31.2 Å². The van der Waals surface area contributed by atoms with Crippen LogP contribution < -0.4 is 21.7 Å². The highest BCUT2D eigenvalue weighted by Gasteiger charge is 2.21. The minimum atomic E-state index is -0.840.